The van der Waals surface area contributed by atoms with Crippen molar-refractivity contribution in [3.63, 3.8) is 0 Å². The molecule has 1 aromatic rings. The third kappa shape index (κ3) is 2.34. The summed E-state index contributed by atoms with van der Waals surface area (Å²) in [5, 5.41) is 14.9. The maximum Gasteiger partial charge on any atom is 0.317 e. The van der Waals surface area contributed by atoms with E-state index in [0.29, 0.717) is 11.4 Å². The van der Waals surface area contributed by atoms with Gasteiger partial charge < -0.3 is 4.90 Å². The summed E-state index contributed by atoms with van der Waals surface area (Å²) in [6.45, 7) is 1.68. The van der Waals surface area contributed by atoms with Crippen molar-refractivity contribution in [2.45, 2.75) is 6.92 Å². The maximum absolute atomic E-state index is 10.8. The quantitative estimate of drug-likeness (QED) is 0.555. The van der Waals surface area contributed by atoms with Gasteiger partial charge in [0.2, 0.25) is 0 Å². The van der Waals surface area contributed by atoms with E-state index < -0.39 is 4.92 Å². The van der Waals surface area contributed by atoms with Gasteiger partial charge in [-0.05, 0) is 13.0 Å². The summed E-state index contributed by atoms with van der Waals surface area (Å²) in [4.78, 5) is 12.2. The van der Waals surface area contributed by atoms with Crippen LogP contribution in [0.1, 0.15) is 11.4 Å². The zero-order chi connectivity index (χ0) is 11.6. The van der Waals surface area contributed by atoms with Crippen LogP contribution in [0.3, 0.4) is 0 Å². The second-order valence-electron chi connectivity index (χ2n) is 3.48. The summed E-state index contributed by atoms with van der Waals surface area (Å²) in [5.74, 6) is 0. The second-order valence-corrected chi connectivity index (χ2v) is 3.48. The molecule has 0 amide bonds. The Morgan fingerprint density at radius 2 is 2.13 bits per heavy atom. The summed E-state index contributed by atoms with van der Waals surface area (Å²) in [6, 6.07) is 0. The molecular weight excluding hydrogens is 196 g/mol. The number of nitro groups is 1. The minimum atomic E-state index is -0.405. The van der Waals surface area contributed by atoms with Crippen molar-refractivity contribution in [3.8, 4) is 0 Å². The van der Waals surface area contributed by atoms with Gasteiger partial charge >= 0.3 is 5.69 Å². The van der Waals surface area contributed by atoms with E-state index in [2.05, 4.69) is 5.10 Å². The van der Waals surface area contributed by atoms with Crippen LogP contribution < -0.4 is 0 Å². The number of rotatable bonds is 3. The van der Waals surface area contributed by atoms with Crippen LogP contribution in [0.2, 0.25) is 0 Å². The number of hydrogen-bond donors (Lipinski definition) is 0. The van der Waals surface area contributed by atoms with Gasteiger partial charge in [-0.1, -0.05) is 0 Å². The van der Waals surface area contributed by atoms with E-state index in [1.807, 2.05) is 14.1 Å². The van der Waals surface area contributed by atoms with Gasteiger partial charge in [-0.25, -0.2) is 0 Å². The fraction of sp³-hybridized carbons (Fsp3) is 0.444. The Kier molecular flexibility index (Phi) is 3.08. The summed E-state index contributed by atoms with van der Waals surface area (Å²) < 4.78 is 1.51. The molecule has 0 atom stereocenters. The Morgan fingerprint density at radius 3 is 2.60 bits per heavy atom. The van der Waals surface area contributed by atoms with Gasteiger partial charge in [-0.2, -0.15) is 5.10 Å². The van der Waals surface area contributed by atoms with Crippen LogP contribution in [-0.2, 0) is 7.05 Å². The largest absolute Gasteiger partial charge is 0.383 e. The van der Waals surface area contributed by atoms with Gasteiger partial charge in [0.05, 0.1) is 4.92 Å². The predicted octanol–water partition coefficient (Wildman–Crippen LogP) is 1.17. The Morgan fingerprint density at radius 1 is 1.53 bits per heavy atom. The molecule has 0 aliphatic rings. The van der Waals surface area contributed by atoms with Crippen molar-refractivity contribution in [1.29, 1.82) is 0 Å². The van der Waals surface area contributed by atoms with Crippen LogP contribution in [-0.4, -0.2) is 33.7 Å². The highest BCUT2D eigenvalue weighted by atomic mass is 16.6. The van der Waals surface area contributed by atoms with Crippen molar-refractivity contribution in [3.05, 3.63) is 27.7 Å². The van der Waals surface area contributed by atoms with Gasteiger partial charge in [0.25, 0.3) is 0 Å². The molecule has 0 spiro atoms. The zero-order valence-electron chi connectivity index (χ0n) is 9.26. The van der Waals surface area contributed by atoms with Crippen molar-refractivity contribution >= 4 is 11.8 Å². The van der Waals surface area contributed by atoms with Gasteiger partial charge in [0.15, 0.2) is 5.69 Å². The highest BCUT2D eigenvalue weighted by Crippen LogP contribution is 2.22. The van der Waals surface area contributed by atoms with Gasteiger partial charge in [-0.3, -0.25) is 14.8 Å². The number of nitrogens with zero attached hydrogens (tertiary/aromatic N) is 4. The van der Waals surface area contributed by atoms with Crippen molar-refractivity contribution in [2.24, 2.45) is 7.05 Å². The monoisotopic (exact) mass is 210 g/mol. The van der Waals surface area contributed by atoms with Crippen LogP contribution in [0.5, 0.6) is 0 Å². The van der Waals surface area contributed by atoms with Crippen LogP contribution in [0.25, 0.3) is 6.08 Å². The molecule has 1 heterocycles. The normalized spacial score (nSPS) is 10.9. The molecule has 0 saturated heterocycles. The third-order valence-corrected chi connectivity index (χ3v) is 2.04. The molecule has 0 fully saturated rings. The van der Waals surface area contributed by atoms with E-state index in [1.54, 1.807) is 31.1 Å². The van der Waals surface area contributed by atoms with E-state index in [1.165, 1.54) is 4.68 Å². The highest BCUT2D eigenvalue weighted by Gasteiger charge is 2.21. The van der Waals surface area contributed by atoms with Gasteiger partial charge in [0, 0.05) is 27.3 Å². The molecule has 0 radical (unpaired) electrons. The van der Waals surface area contributed by atoms with E-state index in [4.69, 9.17) is 0 Å². The van der Waals surface area contributed by atoms with Crippen molar-refractivity contribution < 1.29 is 4.92 Å². The first-order chi connectivity index (χ1) is 6.93. The lowest BCUT2D eigenvalue weighted by Crippen LogP contribution is -2.00. The molecule has 0 aliphatic carbocycles. The molecule has 1 rings (SSSR count). The average molecular weight is 210 g/mol. The molecule has 6 nitrogen and oxygen atoms in total. The number of hydrogen-bond acceptors (Lipinski definition) is 4. The first-order valence-corrected chi connectivity index (χ1v) is 4.46. The predicted molar refractivity (Wildman–Crippen MR) is 57.3 cm³/mol. The average Bonchev–Trinajstić information content (AvgIpc) is 2.39. The molecule has 15 heavy (non-hydrogen) atoms. The standard InChI is InChI=1S/C9H14N4O2/c1-7-9(13(14)15)8(10-12(7)4)5-6-11(2)3/h5-6H,1-4H3/b6-5-. The van der Waals surface area contributed by atoms with E-state index >= 15 is 0 Å². The lowest BCUT2D eigenvalue weighted by Gasteiger charge is -2.01. The van der Waals surface area contributed by atoms with Crippen LogP contribution >= 0.6 is 0 Å². The molecule has 0 saturated carbocycles. The van der Waals surface area contributed by atoms with Gasteiger partial charge in [-0.15, -0.1) is 0 Å². The molecule has 1 aromatic heterocycles. The third-order valence-electron chi connectivity index (χ3n) is 2.04. The second kappa shape index (κ2) is 4.12. The van der Waals surface area contributed by atoms with Crippen LogP contribution in [0, 0.1) is 17.0 Å². The molecule has 0 aromatic carbocycles. The minimum absolute atomic E-state index is 0.0654. The first kappa shape index (κ1) is 11.2. The molecule has 0 unspecified atom stereocenters. The van der Waals surface area contributed by atoms with Crippen LogP contribution in [0.15, 0.2) is 6.20 Å². The molecule has 0 aliphatic heterocycles. The van der Waals surface area contributed by atoms with E-state index in [9.17, 15) is 10.1 Å². The van der Waals surface area contributed by atoms with E-state index in [0.717, 1.165) is 0 Å². The van der Waals surface area contributed by atoms with Crippen molar-refractivity contribution in [2.75, 3.05) is 14.1 Å². The Balaban J connectivity index is 3.18. The smallest absolute Gasteiger partial charge is 0.317 e. The van der Waals surface area contributed by atoms with E-state index in [-0.39, 0.29) is 5.69 Å². The minimum Gasteiger partial charge on any atom is -0.383 e. The highest BCUT2D eigenvalue weighted by molar-refractivity contribution is 5.58. The molecule has 6 heteroatoms. The molecular formula is C9H14N4O2. The number of aromatic nitrogens is 2. The molecule has 0 bridgehead atoms. The fourth-order valence-electron chi connectivity index (χ4n) is 1.18. The summed E-state index contributed by atoms with van der Waals surface area (Å²) >= 11 is 0. The molecule has 0 N–H and O–H groups in total. The summed E-state index contributed by atoms with van der Waals surface area (Å²) in [7, 11) is 5.38. The van der Waals surface area contributed by atoms with Crippen molar-refractivity contribution in [1.82, 2.24) is 14.7 Å². The Labute approximate surface area is 88.0 Å². The lowest BCUT2D eigenvalue weighted by molar-refractivity contribution is -0.385. The first-order valence-electron chi connectivity index (χ1n) is 4.46. The Bertz CT molecular complexity index is 406. The topological polar surface area (TPSA) is 64.2 Å². The lowest BCUT2D eigenvalue weighted by atomic mass is 10.3. The number of aryl methyl sites for hydroxylation is 1. The molecule has 82 valence electrons. The Hall–Kier alpha value is -1.85. The maximum atomic E-state index is 10.8. The fourth-order valence-corrected chi connectivity index (χ4v) is 1.18. The summed E-state index contributed by atoms with van der Waals surface area (Å²) in [5.41, 5.74) is 1.00. The summed E-state index contributed by atoms with van der Waals surface area (Å²) in [6.07, 6.45) is 3.36. The SMILES string of the molecule is Cc1c([N+](=O)[O-])c(/C=C\N(C)C)nn1C. The van der Waals surface area contributed by atoms with Crippen LogP contribution in [0.4, 0.5) is 5.69 Å². The van der Waals surface area contributed by atoms with Gasteiger partial charge in [0.1, 0.15) is 5.69 Å². The zero-order valence-corrected chi connectivity index (χ0v) is 9.26.